The van der Waals surface area contributed by atoms with Crippen LogP contribution in [0, 0.1) is 10.1 Å². The summed E-state index contributed by atoms with van der Waals surface area (Å²) in [5.74, 6) is 0. The van der Waals surface area contributed by atoms with Gasteiger partial charge in [-0.1, -0.05) is 121 Å². The van der Waals surface area contributed by atoms with Gasteiger partial charge in [-0.2, -0.15) is 0 Å². The van der Waals surface area contributed by atoms with Crippen molar-refractivity contribution < 1.29 is 23.9 Å². The van der Waals surface area contributed by atoms with Crippen molar-refractivity contribution in [3.05, 3.63) is 154 Å². The average molecular weight is 540 g/mol. The molecule has 0 N–H and O–H groups in total. The molecule has 4 aromatic rings. The molecule has 0 saturated carbocycles. The van der Waals surface area contributed by atoms with Gasteiger partial charge in [-0.25, -0.2) is 0 Å². The zero-order valence-corrected chi connectivity index (χ0v) is 22.2. The molecule has 206 valence electrons. The van der Waals surface area contributed by atoms with E-state index in [1.54, 1.807) is 0 Å². The van der Waals surface area contributed by atoms with E-state index in [2.05, 4.69) is 0 Å². The van der Waals surface area contributed by atoms with Crippen LogP contribution in [0.15, 0.2) is 121 Å². The number of nitro groups is 1. The van der Waals surface area contributed by atoms with Crippen LogP contribution in [0.5, 0.6) is 0 Å². The summed E-state index contributed by atoms with van der Waals surface area (Å²) in [6.07, 6.45) is -3.06. The fraction of sp³-hybridized carbons (Fsp3) is 0.273. The number of nitrogens with zero attached hydrogens (tertiary/aromatic N) is 1. The Morgan fingerprint density at radius 1 is 0.625 bits per heavy atom. The molecular formula is C33H33NO6. The summed E-state index contributed by atoms with van der Waals surface area (Å²) < 4.78 is 25.4. The Balaban J connectivity index is 1.45. The molecule has 4 aromatic carbocycles. The Bertz CT molecular complexity index is 1310. The molecule has 7 nitrogen and oxygen atoms in total. The second-order valence-corrected chi connectivity index (χ2v) is 9.80. The number of benzene rings is 4. The zero-order valence-electron chi connectivity index (χ0n) is 22.2. The van der Waals surface area contributed by atoms with Gasteiger partial charge in [-0.05, 0) is 22.3 Å². The second kappa shape index (κ2) is 14.0. The topological polar surface area (TPSA) is 80.1 Å². The highest BCUT2D eigenvalue weighted by atomic mass is 16.7. The summed E-state index contributed by atoms with van der Waals surface area (Å²) in [5.41, 5.74) is 3.62. The Morgan fingerprint density at radius 2 is 1.07 bits per heavy atom. The summed E-state index contributed by atoms with van der Waals surface area (Å²) in [4.78, 5) is 12.3. The number of ether oxygens (including phenoxy) is 4. The minimum absolute atomic E-state index is 0.188. The van der Waals surface area contributed by atoms with Crippen LogP contribution in [-0.4, -0.2) is 35.9 Å². The van der Waals surface area contributed by atoms with Crippen molar-refractivity contribution in [3.8, 4) is 0 Å². The van der Waals surface area contributed by atoms with Gasteiger partial charge in [-0.3, -0.25) is 10.1 Å². The third kappa shape index (κ3) is 7.20. The molecule has 0 bridgehead atoms. The first-order valence-electron chi connectivity index (χ1n) is 13.5. The van der Waals surface area contributed by atoms with Gasteiger partial charge in [-0.15, -0.1) is 0 Å². The standard InChI is InChI=1S/C33H33NO6/c35-34(36)30-31(28-19-11-4-12-20-28)40-29(24-37-21-25-13-5-1-6-14-25)32(38-22-26-15-7-2-8-16-26)33(30)39-23-27-17-9-3-10-18-27/h1-20,29-33H,21-24H2/t29-,30+,31+,32+,33-/m1/s1. The summed E-state index contributed by atoms with van der Waals surface area (Å²) in [5, 5.41) is 12.6. The highest BCUT2D eigenvalue weighted by Crippen LogP contribution is 2.37. The van der Waals surface area contributed by atoms with Gasteiger partial charge in [0.15, 0.2) is 12.2 Å². The lowest BCUT2D eigenvalue weighted by molar-refractivity contribution is -0.563. The van der Waals surface area contributed by atoms with Crippen molar-refractivity contribution in [2.75, 3.05) is 6.61 Å². The molecule has 0 amide bonds. The molecular weight excluding hydrogens is 506 g/mol. The van der Waals surface area contributed by atoms with Crippen molar-refractivity contribution in [3.63, 3.8) is 0 Å². The quantitative estimate of drug-likeness (QED) is 0.158. The van der Waals surface area contributed by atoms with Gasteiger partial charge in [0, 0.05) is 4.92 Å². The van der Waals surface area contributed by atoms with E-state index in [-0.39, 0.29) is 24.7 Å². The van der Waals surface area contributed by atoms with Gasteiger partial charge >= 0.3 is 0 Å². The first-order valence-corrected chi connectivity index (χ1v) is 13.5. The highest BCUT2D eigenvalue weighted by Gasteiger charge is 2.54. The molecule has 0 unspecified atom stereocenters. The molecule has 40 heavy (non-hydrogen) atoms. The van der Waals surface area contributed by atoms with Crippen molar-refractivity contribution in [2.24, 2.45) is 0 Å². The smallest absolute Gasteiger partial charge is 0.271 e. The average Bonchev–Trinajstić information content (AvgIpc) is 3.01. The molecule has 5 atom stereocenters. The molecule has 1 aliphatic rings. The minimum Gasteiger partial charge on any atom is -0.374 e. The van der Waals surface area contributed by atoms with E-state index in [0.717, 1.165) is 16.7 Å². The van der Waals surface area contributed by atoms with E-state index in [0.29, 0.717) is 12.2 Å². The normalized spacial score (nSPS) is 22.6. The monoisotopic (exact) mass is 539 g/mol. The number of rotatable bonds is 12. The molecule has 1 fully saturated rings. The largest absolute Gasteiger partial charge is 0.374 e. The predicted octanol–water partition coefficient (Wildman–Crippen LogP) is 6.16. The van der Waals surface area contributed by atoms with Crippen LogP contribution in [0.25, 0.3) is 0 Å². The van der Waals surface area contributed by atoms with Crippen molar-refractivity contribution in [1.82, 2.24) is 0 Å². The van der Waals surface area contributed by atoms with Gasteiger partial charge in [0.25, 0.3) is 6.04 Å². The van der Waals surface area contributed by atoms with Gasteiger partial charge in [0.05, 0.1) is 26.4 Å². The fourth-order valence-corrected chi connectivity index (χ4v) is 5.00. The SMILES string of the molecule is O=[N+]([O-])[C@@H]1[C@@H](OCc2ccccc2)[C@@H](OCc2ccccc2)[C@@H](COCc2ccccc2)O[C@H]1c1ccccc1. The van der Waals surface area contributed by atoms with E-state index < -0.39 is 30.5 Å². The maximum atomic E-state index is 12.6. The summed E-state index contributed by atoms with van der Waals surface area (Å²) in [6, 6.07) is 37.3. The van der Waals surface area contributed by atoms with E-state index >= 15 is 0 Å². The van der Waals surface area contributed by atoms with Gasteiger partial charge < -0.3 is 18.9 Å². The number of hydrogen-bond acceptors (Lipinski definition) is 6. The molecule has 5 rings (SSSR count). The van der Waals surface area contributed by atoms with E-state index in [9.17, 15) is 10.1 Å². The highest BCUT2D eigenvalue weighted by molar-refractivity contribution is 5.21. The number of hydrogen-bond donors (Lipinski definition) is 0. The maximum Gasteiger partial charge on any atom is 0.271 e. The molecule has 1 heterocycles. The van der Waals surface area contributed by atoms with Gasteiger partial charge in [0.1, 0.15) is 12.2 Å². The molecule has 1 aliphatic heterocycles. The lowest BCUT2D eigenvalue weighted by Crippen LogP contribution is -2.59. The lowest BCUT2D eigenvalue weighted by Gasteiger charge is -2.42. The molecule has 0 radical (unpaired) electrons. The van der Waals surface area contributed by atoms with Gasteiger partial charge in [0.2, 0.25) is 0 Å². The third-order valence-corrected chi connectivity index (χ3v) is 6.99. The molecule has 7 heteroatoms. The summed E-state index contributed by atoms with van der Waals surface area (Å²) in [7, 11) is 0. The van der Waals surface area contributed by atoms with Crippen LogP contribution in [0.3, 0.4) is 0 Å². The zero-order chi connectivity index (χ0) is 27.6. The van der Waals surface area contributed by atoms with E-state index in [4.69, 9.17) is 18.9 Å². The fourth-order valence-electron chi connectivity index (χ4n) is 5.00. The first-order chi connectivity index (χ1) is 19.7. The predicted molar refractivity (Wildman–Crippen MR) is 151 cm³/mol. The Kier molecular flexibility index (Phi) is 9.66. The summed E-state index contributed by atoms with van der Waals surface area (Å²) in [6.45, 7) is 1.04. The van der Waals surface area contributed by atoms with Crippen LogP contribution in [0.4, 0.5) is 0 Å². The Morgan fingerprint density at radius 3 is 1.57 bits per heavy atom. The third-order valence-electron chi connectivity index (χ3n) is 6.99. The van der Waals surface area contributed by atoms with Crippen LogP contribution in [0.2, 0.25) is 0 Å². The van der Waals surface area contributed by atoms with Crippen LogP contribution in [-0.2, 0) is 38.8 Å². The maximum absolute atomic E-state index is 12.6. The van der Waals surface area contributed by atoms with E-state index in [1.165, 1.54) is 0 Å². The van der Waals surface area contributed by atoms with Crippen LogP contribution in [0.1, 0.15) is 28.4 Å². The van der Waals surface area contributed by atoms with Crippen molar-refractivity contribution in [1.29, 1.82) is 0 Å². The molecule has 0 aliphatic carbocycles. The molecule has 1 saturated heterocycles. The Labute approximate surface area is 234 Å². The van der Waals surface area contributed by atoms with E-state index in [1.807, 2.05) is 121 Å². The molecule has 0 aromatic heterocycles. The second-order valence-electron chi connectivity index (χ2n) is 9.80. The minimum atomic E-state index is -1.18. The lowest BCUT2D eigenvalue weighted by atomic mass is 9.89. The van der Waals surface area contributed by atoms with Crippen molar-refractivity contribution >= 4 is 0 Å². The molecule has 0 spiro atoms. The van der Waals surface area contributed by atoms with Crippen LogP contribution >= 0.6 is 0 Å². The Hall–Kier alpha value is -3.88. The summed E-state index contributed by atoms with van der Waals surface area (Å²) >= 11 is 0. The van der Waals surface area contributed by atoms with Crippen LogP contribution < -0.4 is 0 Å². The van der Waals surface area contributed by atoms with Crippen molar-refractivity contribution in [2.45, 2.75) is 50.3 Å². The first kappa shape index (κ1) is 27.7.